The number of hydrogen-bond acceptors (Lipinski definition) is 0. The average molecular weight is 879 g/mol. The van der Waals surface area contributed by atoms with Gasteiger partial charge in [-0.2, -0.15) is 0 Å². The van der Waals surface area contributed by atoms with Gasteiger partial charge in [0.25, 0.3) is 0 Å². The van der Waals surface area contributed by atoms with Crippen molar-refractivity contribution in [1.82, 2.24) is 0 Å². The Bertz CT molecular complexity index is 2460. The molecule has 0 fully saturated rings. The molecule has 0 aromatic heterocycles. The van der Waals surface area contributed by atoms with Crippen molar-refractivity contribution in [3.05, 3.63) is 172 Å². The van der Waals surface area contributed by atoms with E-state index >= 15 is 0 Å². The molecular weight excluding hydrogens is 816 g/mol. The maximum atomic E-state index is 2.74. The molecule has 1 aliphatic heterocycles. The molecule has 3 aliphatic rings. The number of unbranched alkanes of at least 4 members (excludes halogenated alkanes) is 2. The van der Waals surface area contributed by atoms with Crippen LogP contribution in [0.15, 0.2) is 139 Å². The first-order valence-corrected chi connectivity index (χ1v) is 28.9. The number of hydrogen-bond donors (Lipinski definition) is 0. The summed E-state index contributed by atoms with van der Waals surface area (Å²) in [7, 11) is -0.636. The molecule has 2 heteroatoms. The molecular formula is C58H63SiZr. The second-order valence-electron chi connectivity index (χ2n) is 18.0. The van der Waals surface area contributed by atoms with Crippen LogP contribution in [0.4, 0.5) is 0 Å². The number of aryl methyl sites for hydroxylation is 2. The van der Waals surface area contributed by atoms with Crippen LogP contribution in [0.2, 0.25) is 0 Å². The van der Waals surface area contributed by atoms with Gasteiger partial charge in [-0.3, -0.25) is 0 Å². The number of benzene rings is 6. The minimum absolute atomic E-state index is 0.466. The fraction of sp³-hybridized carbons (Fsp3) is 0.310. The molecule has 0 saturated heterocycles. The second kappa shape index (κ2) is 18.1. The van der Waals surface area contributed by atoms with Crippen molar-refractivity contribution >= 4 is 35.3 Å². The Morgan fingerprint density at radius 1 is 0.483 bits per heavy atom. The van der Waals surface area contributed by atoms with Gasteiger partial charge < -0.3 is 0 Å². The van der Waals surface area contributed by atoms with Gasteiger partial charge in [0.2, 0.25) is 0 Å². The van der Waals surface area contributed by atoms with Gasteiger partial charge in [0.1, 0.15) is 0 Å². The van der Waals surface area contributed by atoms with Gasteiger partial charge in [0.15, 0.2) is 0 Å². The van der Waals surface area contributed by atoms with E-state index in [0.29, 0.717) is 19.1 Å². The summed E-state index contributed by atoms with van der Waals surface area (Å²) in [6.07, 6.45) is 14.9. The first-order valence-electron chi connectivity index (χ1n) is 23.4. The summed E-state index contributed by atoms with van der Waals surface area (Å²) in [5.74, 6) is 1.03. The average Bonchev–Trinajstić information content (AvgIpc) is 4.00. The van der Waals surface area contributed by atoms with Crippen molar-refractivity contribution in [1.29, 1.82) is 0 Å². The molecule has 60 heavy (non-hydrogen) atoms. The molecule has 303 valence electrons. The first-order chi connectivity index (χ1) is 29.5. The summed E-state index contributed by atoms with van der Waals surface area (Å²) in [4.78, 5) is 0. The number of allylic oxidation sites excluding steroid dienone is 2. The predicted octanol–water partition coefficient (Wildman–Crippen LogP) is 13.4. The van der Waals surface area contributed by atoms with Crippen LogP contribution >= 0.6 is 0 Å². The van der Waals surface area contributed by atoms with Crippen LogP contribution in [-0.2, 0) is 34.6 Å². The Labute approximate surface area is 371 Å². The van der Waals surface area contributed by atoms with E-state index in [4.69, 9.17) is 0 Å². The molecule has 0 nitrogen and oxygen atoms in total. The fourth-order valence-corrected chi connectivity index (χ4v) is 25.5. The summed E-state index contributed by atoms with van der Waals surface area (Å²) in [6, 6.07) is 50.5. The van der Waals surface area contributed by atoms with Crippen LogP contribution in [0, 0.1) is 11.8 Å². The molecule has 0 radical (unpaired) electrons. The quantitative estimate of drug-likeness (QED) is 0.0900. The van der Waals surface area contributed by atoms with E-state index in [9.17, 15) is 0 Å². The normalized spacial score (nSPS) is 17.4. The van der Waals surface area contributed by atoms with Crippen LogP contribution in [0.1, 0.15) is 121 Å². The third-order valence-corrected chi connectivity index (χ3v) is 26.4. The van der Waals surface area contributed by atoms with Gasteiger partial charge in [0.05, 0.1) is 0 Å². The third-order valence-electron chi connectivity index (χ3n) is 14.6. The minimum atomic E-state index is -2.94. The van der Waals surface area contributed by atoms with Gasteiger partial charge in [-0.25, -0.2) is 0 Å². The van der Waals surface area contributed by atoms with E-state index in [0.717, 1.165) is 25.7 Å². The van der Waals surface area contributed by atoms with Crippen LogP contribution < -0.4 is 13.6 Å². The van der Waals surface area contributed by atoms with E-state index in [2.05, 4.69) is 181 Å². The van der Waals surface area contributed by atoms with Gasteiger partial charge in [-0.1, -0.05) is 0 Å². The van der Waals surface area contributed by atoms with E-state index in [-0.39, 0.29) is 0 Å². The van der Waals surface area contributed by atoms with Crippen molar-refractivity contribution in [2.24, 2.45) is 11.8 Å². The monoisotopic (exact) mass is 877 g/mol. The number of fused-ring (bicyclic) bond motifs is 5. The summed E-state index contributed by atoms with van der Waals surface area (Å²) >= 11 is -2.94. The van der Waals surface area contributed by atoms with E-state index in [1.54, 1.807) is 41.5 Å². The van der Waals surface area contributed by atoms with E-state index < -0.39 is 31.3 Å². The Morgan fingerprint density at radius 2 is 0.933 bits per heavy atom. The van der Waals surface area contributed by atoms with E-state index in [1.807, 2.05) is 0 Å². The predicted molar refractivity (Wildman–Crippen MR) is 261 cm³/mol. The molecule has 6 aromatic carbocycles. The maximum absolute atomic E-state index is 2.94. The van der Waals surface area contributed by atoms with Gasteiger partial charge in [0, 0.05) is 0 Å². The van der Waals surface area contributed by atoms with E-state index in [1.165, 1.54) is 75.8 Å². The van der Waals surface area contributed by atoms with Gasteiger partial charge >= 0.3 is 374 Å². The van der Waals surface area contributed by atoms with Gasteiger partial charge in [-0.05, 0) is 0 Å². The summed E-state index contributed by atoms with van der Waals surface area (Å²) in [5, 5.41) is 3.40. The molecule has 0 N–H and O–H groups in total. The molecule has 0 bridgehead atoms. The van der Waals surface area contributed by atoms with Crippen LogP contribution in [0.5, 0.6) is 0 Å². The summed E-state index contributed by atoms with van der Waals surface area (Å²) in [5.41, 5.74) is 21.5. The van der Waals surface area contributed by atoms with Gasteiger partial charge in [-0.15, -0.1) is 0 Å². The Kier molecular flexibility index (Phi) is 12.4. The van der Waals surface area contributed by atoms with Crippen LogP contribution in [-0.4, -0.2) is 9.52 Å². The van der Waals surface area contributed by atoms with Crippen LogP contribution in [0.25, 0.3) is 45.5 Å². The first kappa shape index (κ1) is 41.3. The molecule has 0 amide bonds. The molecule has 4 atom stereocenters. The molecule has 1 heterocycles. The van der Waals surface area contributed by atoms with Crippen molar-refractivity contribution in [3.63, 3.8) is 0 Å². The summed E-state index contributed by atoms with van der Waals surface area (Å²) < 4.78 is 2.74. The Hall–Kier alpha value is -4.10. The SMILES string of the molecule is CCCCc1ccccc1-c1cccc2c1C=C(C(C)CC)[CH]2[Zr]([c]1cccc2c1[SiH2]c1ccccc1-2)[CH]1C(C(C)CC)=Cc2c(-c3ccccc3CCCC)cccc21. The second-order valence-corrected chi connectivity index (χ2v) is 26.3. The molecule has 4 unspecified atom stereocenters. The summed E-state index contributed by atoms with van der Waals surface area (Å²) in [6.45, 7) is 14.6. The topological polar surface area (TPSA) is 0 Å². The standard InChI is InChI=1S/2C23H27.C12H9Si.Zr/c2*1-4-6-10-18-11-7-8-13-21(18)22-14-9-12-19-15-20(16-23(19)22)17(3)5-2;1-3-7-11-9(5-1)10-6-2-4-8-12(10)13-11;/h2*7-9,11-17H,4-6,10H2,1-3H3;1-7H,13H2;. The Balaban J connectivity index is 1.31. The van der Waals surface area contributed by atoms with Crippen molar-refractivity contribution in [2.75, 3.05) is 0 Å². The molecule has 0 saturated carbocycles. The zero-order chi connectivity index (χ0) is 41.3. The van der Waals surface area contributed by atoms with Crippen molar-refractivity contribution in [3.8, 4) is 33.4 Å². The zero-order valence-electron chi connectivity index (χ0n) is 37.0. The molecule has 0 spiro atoms. The van der Waals surface area contributed by atoms with Crippen molar-refractivity contribution < 1.29 is 21.8 Å². The fourth-order valence-electron chi connectivity index (χ4n) is 11.0. The zero-order valence-corrected chi connectivity index (χ0v) is 40.8. The molecule has 6 aromatic rings. The molecule has 9 rings (SSSR count). The van der Waals surface area contributed by atoms with Crippen LogP contribution in [0.3, 0.4) is 0 Å². The third kappa shape index (κ3) is 7.39. The number of rotatable bonds is 15. The van der Waals surface area contributed by atoms with Crippen molar-refractivity contribution in [2.45, 2.75) is 100 Å². The Morgan fingerprint density at radius 3 is 1.45 bits per heavy atom. The molecule has 2 aliphatic carbocycles.